The molecule has 0 bridgehead atoms. The zero-order chi connectivity index (χ0) is 15.4. The van der Waals surface area contributed by atoms with E-state index >= 15 is 0 Å². The van der Waals surface area contributed by atoms with E-state index in [0.717, 1.165) is 32.4 Å². The van der Waals surface area contributed by atoms with Crippen molar-refractivity contribution in [2.24, 2.45) is 0 Å². The molecule has 2 fully saturated rings. The SMILES string of the molecule is C[C@H](c1ccccc1)N1CC[C@H](NC(=O)NC2CCCC2)C1. The van der Waals surface area contributed by atoms with Crippen molar-refractivity contribution in [3.63, 3.8) is 0 Å². The van der Waals surface area contributed by atoms with Gasteiger partial charge in [-0.25, -0.2) is 4.79 Å². The summed E-state index contributed by atoms with van der Waals surface area (Å²) >= 11 is 0. The minimum atomic E-state index is 0.0196. The van der Waals surface area contributed by atoms with Crippen molar-refractivity contribution in [3.8, 4) is 0 Å². The van der Waals surface area contributed by atoms with Crippen LogP contribution >= 0.6 is 0 Å². The number of benzene rings is 1. The summed E-state index contributed by atoms with van der Waals surface area (Å²) in [6, 6.07) is 11.7. The Kier molecular flexibility index (Phi) is 4.98. The highest BCUT2D eigenvalue weighted by Crippen LogP contribution is 2.24. The molecule has 1 aromatic rings. The maximum atomic E-state index is 12.1. The summed E-state index contributed by atoms with van der Waals surface area (Å²) in [5, 5.41) is 6.26. The summed E-state index contributed by atoms with van der Waals surface area (Å²) in [7, 11) is 0. The van der Waals surface area contributed by atoms with Gasteiger partial charge in [0.25, 0.3) is 0 Å². The third-order valence-electron chi connectivity index (χ3n) is 5.07. The Hall–Kier alpha value is -1.55. The number of carbonyl (C=O) groups is 1. The molecule has 2 N–H and O–H groups in total. The molecule has 1 aliphatic heterocycles. The molecule has 1 aromatic carbocycles. The number of urea groups is 1. The van der Waals surface area contributed by atoms with Gasteiger partial charge in [0.2, 0.25) is 0 Å². The van der Waals surface area contributed by atoms with Gasteiger partial charge in [0.05, 0.1) is 0 Å². The quantitative estimate of drug-likeness (QED) is 0.897. The molecule has 2 atom stereocenters. The van der Waals surface area contributed by atoms with Crippen molar-refractivity contribution >= 4 is 6.03 Å². The van der Waals surface area contributed by atoms with Gasteiger partial charge in [0, 0.05) is 31.2 Å². The molecule has 2 amide bonds. The first-order chi connectivity index (χ1) is 10.7. The van der Waals surface area contributed by atoms with Gasteiger partial charge >= 0.3 is 6.03 Å². The first-order valence-corrected chi connectivity index (χ1v) is 8.58. The highest BCUT2D eigenvalue weighted by molar-refractivity contribution is 5.74. The van der Waals surface area contributed by atoms with Crippen LogP contribution in [-0.2, 0) is 0 Å². The zero-order valence-corrected chi connectivity index (χ0v) is 13.4. The van der Waals surface area contributed by atoms with E-state index in [-0.39, 0.29) is 12.1 Å². The van der Waals surface area contributed by atoms with Gasteiger partial charge in [-0.1, -0.05) is 43.2 Å². The third kappa shape index (κ3) is 3.80. The van der Waals surface area contributed by atoms with Crippen LogP contribution in [0.25, 0.3) is 0 Å². The van der Waals surface area contributed by atoms with Crippen LogP contribution in [0.5, 0.6) is 0 Å². The van der Waals surface area contributed by atoms with Crippen molar-refractivity contribution in [1.82, 2.24) is 15.5 Å². The van der Waals surface area contributed by atoms with E-state index in [4.69, 9.17) is 0 Å². The molecule has 0 aromatic heterocycles. The summed E-state index contributed by atoms with van der Waals surface area (Å²) < 4.78 is 0. The van der Waals surface area contributed by atoms with Gasteiger partial charge in [-0.3, -0.25) is 4.90 Å². The molecule has 0 radical (unpaired) electrons. The zero-order valence-electron chi connectivity index (χ0n) is 13.4. The minimum absolute atomic E-state index is 0.0196. The fourth-order valence-electron chi connectivity index (χ4n) is 3.68. The largest absolute Gasteiger partial charge is 0.335 e. The van der Waals surface area contributed by atoms with Crippen LogP contribution in [0, 0.1) is 0 Å². The van der Waals surface area contributed by atoms with E-state index in [1.165, 1.54) is 18.4 Å². The van der Waals surface area contributed by atoms with Gasteiger partial charge in [0.15, 0.2) is 0 Å². The molecule has 120 valence electrons. The topological polar surface area (TPSA) is 44.4 Å². The van der Waals surface area contributed by atoms with E-state index in [9.17, 15) is 4.79 Å². The van der Waals surface area contributed by atoms with Crippen molar-refractivity contribution in [2.75, 3.05) is 13.1 Å². The van der Waals surface area contributed by atoms with Gasteiger partial charge in [-0.2, -0.15) is 0 Å². The lowest BCUT2D eigenvalue weighted by molar-refractivity contribution is 0.228. The average molecular weight is 301 g/mol. The Balaban J connectivity index is 1.46. The fraction of sp³-hybridized carbons (Fsp3) is 0.611. The summed E-state index contributed by atoms with van der Waals surface area (Å²) in [5.41, 5.74) is 1.35. The number of nitrogens with one attached hydrogen (secondary N) is 2. The Labute approximate surface area is 133 Å². The predicted octanol–water partition coefficient (Wildman–Crippen LogP) is 3.06. The number of hydrogen-bond donors (Lipinski definition) is 2. The Morgan fingerprint density at radius 2 is 1.77 bits per heavy atom. The average Bonchev–Trinajstić information content (AvgIpc) is 3.19. The lowest BCUT2D eigenvalue weighted by Crippen LogP contribution is -2.46. The van der Waals surface area contributed by atoms with Crippen LogP contribution in [0.3, 0.4) is 0 Å². The normalized spacial score (nSPS) is 24.3. The number of likely N-dealkylation sites (tertiary alicyclic amines) is 1. The third-order valence-corrected chi connectivity index (χ3v) is 5.07. The van der Waals surface area contributed by atoms with Crippen LogP contribution in [0.15, 0.2) is 30.3 Å². The molecule has 4 nitrogen and oxygen atoms in total. The molecule has 0 unspecified atom stereocenters. The van der Waals surface area contributed by atoms with E-state index in [1.54, 1.807) is 0 Å². The molecular weight excluding hydrogens is 274 g/mol. The molecule has 2 aliphatic rings. The number of nitrogens with zero attached hydrogens (tertiary/aromatic N) is 1. The molecule has 1 saturated carbocycles. The number of hydrogen-bond acceptors (Lipinski definition) is 2. The number of carbonyl (C=O) groups excluding carboxylic acids is 1. The second-order valence-electron chi connectivity index (χ2n) is 6.67. The lowest BCUT2D eigenvalue weighted by Gasteiger charge is -2.25. The van der Waals surface area contributed by atoms with Crippen molar-refractivity contribution < 1.29 is 4.79 Å². The van der Waals surface area contributed by atoms with E-state index in [0.29, 0.717) is 12.1 Å². The van der Waals surface area contributed by atoms with Crippen molar-refractivity contribution in [2.45, 2.75) is 57.2 Å². The van der Waals surface area contributed by atoms with Gasteiger partial charge in [0.1, 0.15) is 0 Å². The van der Waals surface area contributed by atoms with Crippen molar-refractivity contribution in [3.05, 3.63) is 35.9 Å². The molecule has 22 heavy (non-hydrogen) atoms. The highest BCUT2D eigenvalue weighted by Gasteiger charge is 2.28. The minimum Gasteiger partial charge on any atom is -0.335 e. The van der Waals surface area contributed by atoms with Crippen LogP contribution in [0.4, 0.5) is 4.79 Å². The fourth-order valence-corrected chi connectivity index (χ4v) is 3.68. The molecule has 3 rings (SSSR count). The standard InChI is InChI=1S/C18H27N3O/c1-14(15-7-3-2-4-8-15)21-12-11-17(13-21)20-18(22)19-16-9-5-6-10-16/h2-4,7-8,14,16-17H,5-6,9-13H2,1H3,(H2,19,20,22)/t14-,17+/m1/s1. The Morgan fingerprint density at radius 3 is 2.50 bits per heavy atom. The predicted molar refractivity (Wildman–Crippen MR) is 88.8 cm³/mol. The molecule has 4 heteroatoms. The van der Waals surface area contributed by atoms with Crippen LogP contribution in [-0.4, -0.2) is 36.1 Å². The first kappa shape index (κ1) is 15.3. The Morgan fingerprint density at radius 1 is 1.09 bits per heavy atom. The lowest BCUT2D eigenvalue weighted by atomic mass is 10.1. The molecule has 1 saturated heterocycles. The maximum absolute atomic E-state index is 12.1. The summed E-state index contributed by atoms with van der Waals surface area (Å²) in [6.45, 7) is 4.23. The van der Waals surface area contributed by atoms with E-state index in [2.05, 4.69) is 52.8 Å². The van der Waals surface area contributed by atoms with Crippen LogP contribution in [0.1, 0.15) is 50.6 Å². The van der Waals surface area contributed by atoms with Gasteiger partial charge < -0.3 is 10.6 Å². The monoisotopic (exact) mass is 301 g/mol. The molecule has 1 heterocycles. The summed E-state index contributed by atoms with van der Waals surface area (Å²) in [6.07, 6.45) is 5.80. The van der Waals surface area contributed by atoms with E-state index < -0.39 is 0 Å². The number of amides is 2. The molecule has 0 spiro atoms. The number of rotatable bonds is 4. The summed E-state index contributed by atoms with van der Waals surface area (Å²) in [4.78, 5) is 14.5. The molecule has 1 aliphatic carbocycles. The molecular formula is C18H27N3O. The van der Waals surface area contributed by atoms with Crippen molar-refractivity contribution in [1.29, 1.82) is 0 Å². The van der Waals surface area contributed by atoms with Crippen LogP contribution in [0.2, 0.25) is 0 Å². The first-order valence-electron chi connectivity index (χ1n) is 8.58. The Bertz CT molecular complexity index is 484. The summed E-state index contributed by atoms with van der Waals surface area (Å²) in [5.74, 6) is 0. The maximum Gasteiger partial charge on any atom is 0.315 e. The van der Waals surface area contributed by atoms with Crippen LogP contribution < -0.4 is 10.6 Å². The van der Waals surface area contributed by atoms with E-state index in [1.807, 2.05) is 0 Å². The smallest absolute Gasteiger partial charge is 0.315 e. The van der Waals surface area contributed by atoms with Gasteiger partial charge in [-0.05, 0) is 31.7 Å². The van der Waals surface area contributed by atoms with Gasteiger partial charge in [-0.15, -0.1) is 0 Å². The second-order valence-corrected chi connectivity index (χ2v) is 6.67. The second kappa shape index (κ2) is 7.14. The highest BCUT2D eigenvalue weighted by atomic mass is 16.2.